The molecule has 0 saturated carbocycles. The van der Waals surface area contributed by atoms with Crippen LogP contribution in [-0.4, -0.2) is 45.1 Å². The molecule has 2 aromatic rings. The van der Waals surface area contributed by atoms with Crippen molar-refractivity contribution in [3.05, 3.63) is 70.8 Å². The summed E-state index contributed by atoms with van der Waals surface area (Å²) in [6, 6.07) is 12.2. The van der Waals surface area contributed by atoms with E-state index in [1.807, 2.05) is 38.2 Å². The molecule has 0 aliphatic heterocycles. The van der Waals surface area contributed by atoms with Gasteiger partial charge in [-0.25, -0.2) is 4.79 Å². The Labute approximate surface area is 169 Å². The molecule has 1 unspecified atom stereocenters. The van der Waals surface area contributed by atoms with Crippen molar-refractivity contribution in [1.82, 2.24) is 0 Å². The first-order valence-electron chi connectivity index (χ1n) is 9.02. The molecule has 1 aliphatic carbocycles. The second-order valence-electron chi connectivity index (χ2n) is 6.49. The Bertz CT molecular complexity index is 1080. The maximum absolute atomic E-state index is 12.8. The van der Waals surface area contributed by atoms with Crippen molar-refractivity contribution < 1.29 is 32.0 Å². The molecular weight excluding hydrogens is 395 g/mol. The molecule has 0 amide bonds. The fourth-order valence-corrected chi connectivity index (χ4v) is 3.28. The van der Waals surface area contributed by atoms with Crippen molar-refractivity contribution >= 4 is 36.0 Å². The summed E-state index contributed by atoms with van der Waals surface area (Å²) in [6.45, 7) is -0.515. The quantitative estimate of drug-likeness (QED) is 0.317. The highest BCUT2D eigenvalue weighted by Crippen LogP contribution is 2.32. The highest BCUT2D eigenvalue weighted by Gasteiger charge is 2.27. The smallest absolute Gasteiger partial charge is 0.341 e. The average Bonchev–Trinajstić information content (AvgIpc) is 3.11. The number of carbonyl (C=O) groups is 2. The lowest BCUT2D eigenvalue weighted by Crippen LogP contribution is -2.19. The van der Waals surface area contributed by atoms with Crippen LogP contribution in [0.1, 0.15) is 33.0 Å². The van der Waals surface area contributed by atoms with Gasteiger partial charge >= 0.3 is 11.9 Å². The van der Waals surface area contributed by atoms with E-state index in [2.05, 4.69) is 0 Å². The highest BCUT2D eigenvalue weighted by atomic mass is 32.2. The molecule has 0 spiro atoms. The second-order valence-corrected chi connectivity index (χ2v) is 8.06. The largest absolute Gasteiger partial charge is 0.461 e. The Kier molecular flexibility index (Phi) is 6.19. The standard InChI is InChI=1S/C20H19BO7S/c21-12-13-5-7-17(19(22)27-9-10-29(24,25)26)18(11-13)28-20(23)16-8-6-14-3-1-2-4-15(14)16/h1-8,11,16H,9-10,12,21H2,(H,24,25,26). The number of hydrogen-bond donors (Lipinski definition) is 1. The summed E-state index contributed by atoms with van der Waals surface area (Å²) in [6.07, 6.45) is 4.24. The van der Waals surface area contributed by atoms with Gasteiger partial charge in [-0.1, -0.05) is 54.4 Å². The van der Waals surface area contributed by atoms with E-state index in [4.69, 9.17) is 14.0 Å². The number of fused-ring (bicyclic) bond motifs is 1. The lowest BCUT2D eigenvalue weighted by molar-refractivity contribution is -0.134. The zero-order valence-corrected chi connectivity index (χ0v) is 16.5. The first-order chi connectivity index (χ1) is 13.8. The van der Waals surface area contributed by atoms with Gasteiger partial charge in [0.15, 0.2) is 0 Å². The zero-order valence-electron chi connectivity index (χ0n) is 15.7. The molecular formula is C20H19BO7S. The zero-order chi connectivity index (χ0) is 21.0. The van der Waals surface area contributed by atoms with E-state index in [0.29, 0.717) is 6.32 Å². The molecule has 9 heteroatoms. The minimum atomic E-state index is -4.25. The molecule has 7 nitrogen and oxygen atoms in total. The van der Waals surface area contributed by atoms with Crippen molar-refractivity contribution in [3.8, 4) is 5.75 Å². The summed E-state index contributed by atoms with van der Waals surface area (Å²) in [5.74, 6) is -2.64. The molecule has 1 N–H and O–H groups in total. The van der Waals surface area contributed by atoms with Crippen LogP contribution < -0.4 is 4.74 Å². The van der Waals surface area contributed by atoms with Crippen molar-refractivity contribution in [2.75, 3.05) is 12.4 Å². The SMILES string of the molecule is BCc1ccc(C(=O)OCCS(=O)(=O)O)c(OC(=O)C2C=Cc3ccccc32)c1. The molecule has 1 aliphatic rings. The average molecular weight is 414 g/mol. The van der Waals surface area contributed by atoms with Crippen LogP contribution in [0, 0.1) is 0 Å². The molecule has 29 heavy (non-hydrogen) atoms. The Hall–Kier alpha value is -2.91. The topological polar surface area (TPSA) is 107 Å². The summed E-state index contributed by atoms with van der Waals surface area (Å²) in [4.78, 5) is 25.1. The maximum atomic E-state index is 12.8. The van der Waals surface area contributed by atoms with Gasteiger partial charge in [0.05, 0.1) is 0 Å². The van der Waals surface area contributed by atoms with E-state index < -0.39 is 40.3 Å². The molecule has 0 bridgehead atoms. The fraction of sp³-hybridized carbons (Fsp3) is 0.200. The lowest BCUT2D eigenvalue weighted by atomic mass is 9.95. The van der Waals surface area contributed by atoms with Crippen LogP contribution in [0.2, 0.25) is 0 Å². The van der Waals surface area contributed by atoms with E-state index in [1.54, 1.807) is 18.2 Å². The monoisotopic (exact) mass is 414 g/mol. The number of benzene rings is 2. The Morgan fingerprint density at radius 2 is 1.90 bits per heavy atom. The normalized spacial score (nSPS) is 15.0. The fourth-order valence-electron chi connectivity index (χ4n) is 2.98. The molecule has 3 rings (SSSR count). The minimum absolute atomic E-state index is 0.00106. The summed E-state index contributed by atoms with van der Waals surface area (Å²) in [7, 11) is -2.33. The van der Waals surface area contributed by atoms with Gasteiger partial charge in [-0.05, 0) is 23.3 Å². The van der Waals surface area contributed by atoms with E-state index >= 15 is 0 Å². The molecule has 0 fully saturated rings. The van der Waals surface area contributed by atoms with E-state index in [0.717, 1.165) is 16.7 Å². The third-order valence-corrected chi connectivity index (χ3v) is 5.19. The van der Waals surface area contributed by atoms with Crippen LogP contribution in [0.4, 0.5) is 0 Å². The number of ether oxygens (including phenoxy) is 2. The molecule has 0 heterocycles. The number of hydrogen-bond acceptors (Lipinski definition) is 6. The van der Waals surface area contributed by atoms with Gasteiger partial charge in [-0.2, -0.15) is 8.42 Å². The van der Waals surface area contributed by atoms with Gasteiger partial charge in [-0.15, -0.1) is 0 Å². The van der Waals surface area contributed by atoms with Crippen LogP contribution in [0.15, 0.2) is 48.5 Å². The number of carbonyl (C=O) groups excluding carboxylic acids is 2. The Morgan fingerprint density at radius 1 is 1.14 bits per heavy atom. The van der Waals surface area contributed by atoms with Crippen molar-refractivity contribution in [1.29, 1.82) is 0 Å². The van der Waals surface area contributed by atoms with E-state index in [-0.39, 0.29) is 11.3 Å². The van der Waals surface area contributed by atoms with Gasteiger partial charge in [0, 0.05) is 0 Å². The molecule has 150 valence electrons. The van der Waals surface area contributed by atoms with Gasteiger partial charge in [0.1, 0.15) is 37.4 Å². The number of esters is 2. The van der Waals surface area contributed by atoms with Gasteiger partial charge < -0.3 is 9.47 Å². The lowest BCUT2D eigenvalue weighted by Gasteiger charge is -2.14. The third-order valence-electron chi connectivity index (χ3n) is 4.51. The predicted molar refractivity (Wildman–Crippen MR) is 109 cm³/mol. The van der Waals surface area contributed by atoms with Crippen molar-refractivity contribution in [3.63, 3.8) is 0 Å². The first-order valence-corrected chi connectivity index (χ1v) is 10.6. The predicted octanol–water partition coefficient (Wildman–Crippen LogP) is 1.58. The van der Waals surface area contributed by atoms with E-state index in [1.165, 1.54) is 6.07 Å². The molecule has 2 aromatic carbocycles. The number of rotatable bonds is 7. The second kappa shape index (κ2) is 8.63. The van der Waals surface area contributed by atoms with Crippen molar-refractivity contribution in [2.24, 2.45) is 0 Å². The molecule has 0 aromatic heterocycles. The van der Waals surface area contributed by atoms with E-state index in [9.17, 15) is 18.0 Å². The van der Waals surface area contributed by atoms with Crippen LogP contribution >= 0.6 is 0 Å². The summed E-state index contributed by atoms with van der Waals surface area (Å²) < 4.78 is 40.7. The van der Waals surface area contributed by atoms with Gasteiger partial charge in [0.2, 0.25) is 0 Å². The summed E-state index contributed by atoms with van der Waals surface area (Å²) >= 11 is 0. The first kappa shape index (κ1) is 20.8. The van der Waals surface area contributed by atoms with Crippen LogP contribution in [0.5, 0.6) is 5.75 Å². The highest BCUT2D eigenvalue weighted by molar-refractivity contribution is 7.85. The van der Waals surface area contributed by atoms with Gasteiger partial charge in [-0.3, -0.25) is 9.35 Å². The van der Waals surface area contributed by atoms with Crippen molar-refractivity contribution in [2.45, 2.75) is 12.2 Å². The maximum Gasteiger partial charge on any atom is 0.341 e. The molecule has 0 saturated heterocycles. The minimum Gasteiger partial charge on any atom is -0.461 e. The summed E-state index contributed by atoms with van der Waals surface area (Å²) in [5, 5.41) is 0. The Morgan fingerprint density at radius 3 is 2.62 bits per heavy atom. The molecule has 0 radical (unpaired) electrons. The third kappa shape index (κ3) is 5.13. The Balaban J connectivity index is 1.80. The van der Waals surface area contributed by atoms with Crippen LogP contribution in [-0.2, 0) is 26.0 Å². The van der Waals surface area contributed by atoms with Gasteiger partial charge in [0.25, 0.3) is 10.1 Å². The molecule has 1 atom stereocenters. The summed E-state index contributed by atoms with van der Waals surface area (Å²) in [5.41, 5.74) is 2.61. The van der Waals surface area contributed by atoms with Crippen LogP contribution in [0.3, 0.4) is 0 Å². The van der Waals surface area contributed by atoms with Crippen LogP contribution in [0.25, 0.3) is 6.08 Å².